The second-order valence-electron chi connectivity index (χ2n) is 7.66. The highest BCUT2D eigenvalue weighted by molar-refractivity contribution is 7.91. The molecule has 1 unspecified atom stereocenters. The van der Waals surface area contributed by atoms with E-state index >= 15 is 0 Å². The van der Waals surface area contributed by atoms with Crippen molar-refractivity contribution >= 4 is 44.4 Å². The van der Waals surface area contributed by atoms with Gasteiger partial charge in [0, 0.05) is 22.8 Å². The van der Waals surface area contributed by atoms with Gasteiger partial charge in [-0.25, -0.2) is 13.2 Å². The average Bonchev–Trinajstić information content (AvgIpc) is 3.29. The third-order valence-electron chi connectivity index (χ3n) is 5.38. The summed E-state index contributed by atoms with van der Waals surface area (Å²) >= 11 is 7.39. The van der Waals surface area contributed by atoms with Crippen molar-refractivity contribution in [2.75, 3.05) is 12.4 Å². The number of carboxylic acids is 1. The van der Waals surface area contributed by atoms with E-state index in [0.29, 0.717) is 26.8 Å². The Bertz CT molecular complexity index is 1470. The SMILES string of the molecule is COc1ccc(S(=O)(=O)C(Nc2c(C)cc(-c3ccc(Cl)s3)cc2C(=O)O)c2cccnc2)cc1. The minimum Gasteiger partial charge on any atom is -0.497 e. The summed E-state index contributed by atoms with van der Waals surface area (Å²) in [6, 6.07) is 16.1. The van der Waals surface area contributed by atoms with Gasteiger partial charge in [-0.3, -0.25) is 4.98 Å². The largest absolute Gasteiger partial charge is 0.497 e. The number of aromatic carboxylic acids is 1. The summed E-state index contributed by atoms with van der Waals surface area (Å²) in [7, 11) is -2.52. The first kappa shape index (κ1) is 24.7. The smallest absolute Gasteiger partial charge is 0.337 e. The fourth-order valence-corrected chi connectivity index (χ4v) is 6.25. The highest BCUT2D eigenvalue weighted by Crippen LogP contribution is 2.38. The number of nitrogens with one attached hydrogen (secondary N) is 1. The summed E-state index contributed by atoms with van der Waals surface area (Å²) in [4.78, 5) is 17.2. The monoisotopic (exact) mass is 528 g/mol. The van der Waals surface area contributed by atoms with Gasteiger partial charge in [0.15, 0.2) is 5.37 Å². The van der Waals surface area contributed by atoms with Crippen molar-refractivity contribution in [2.45, 2.75) is 17.2 Å². The van der Waals surface area contributed by atoms with E-state index in [1.54, 1.807) is 43.3 Å². The van der Waals surface area contributed by atoms with Crippen molar-refractivity contribution in [3.8, 4) is 16.2 Å². The lowest BCUT2D eigenvalue weighted by Gasteiger charge is -2.23. The number of sulfone groups is 1. The van der Waals surface area contributed by atoms with Crippen LogP contribution in [-0.4, -0.2) is 31.6 Å². The molecule has 0 saturated heterocycles. The molecule has 0 aliphatic heterocycles. The number of rotatable bonds is 8. The van der Waals surface area contributed by atoms with Gasteiger partial charge < -0.3 is 15.2 Å². The highest BCUT2D eigenvalue weighted by atomic mass is 35.5. The molecule has 0 saturated carbocycles. The molecule has 180 valence electrons. The maximum absolute atomic E-state index is 13.7. The second kappa shape index (κ2) is 10.1. The van der Waals surface area contributed by atoms with E-state index < -0.39 is 21.2 Å². The van der Waals surface area contributed by atoms with Gasteiger partial charge in [0.1, 0.15) is 5.75 Å². The van der Waals surface area contributed by atoms with E-state index in [1.807, 2.05) is 6.07 Å². The standard InChI is InChI=1S/C25H21ClN2O5S2/c1-15-12-17(21-9-10-22(26)34-21)13-20(25(29)30)23(15)28-24(16-4-3-11-27-14-16)35(31,32)19-7-5-18(33-2)6-8-19/h3-14,24,28H,1-2H3,(H,29,30). The fourth-order valence-electron chi connectivity index (χ4n) is 3.66. The van der Waals surface area contributed by atoms with Gasteiger partial charge in [-0.1, -0.05) is 17.7 Å². The second-order valence-corrected chi connectivity index (χ2v) is 11.4. The Labute approximate surface area is 211 Å². The summed E-state index contributed by atoms with van der Waals surface area (Å²) in [5, 5.41) is 11.7. The van der Waals surface area contributed by atoms with Crippen LogP contribution in [-0.2, 0) is 9.84 Å². The lowest BCUT2D eigenvalue weighted by Crippen LogP contribution is -2.23. The van der Waals surface area contributed by atoms with Crippen LogP contribution in [0.15, 0.2) is 78.0 Å². The number of methoxy groups -OCH3 is 1. The Hall–Kier alpha value is -3.40. The van der Waals surface area contributed by atoms with Crippen molar-refractivity contribution in [3.63, 3.8) is 0 Å². The quantitative estimate of drug-likeness (QED) is 0.286. The van der Waals surface area contributed by atoms with Gasteiger partial charge in [-0.05, 0) is 72.6 Å². The molecule has 2 N–H and O–H groups in total. The van der Waals surface area contributed by atoms with Crippen molar-refractivity contribution in [2.24, 2.45) is 0 Å². The van der Waals surface area contributed by atoms with Gasteiger partial charge in [0.2, 0.25) is 9.84 Å². The highest BCUT2D eigenvalue weighted by Gasteiger charge is 2.31. The molecule has 2 aromatic heterocycles. The lowest BCUT2D eigenvalue weighted by molar-refractivity contribution is 0.0698. The maximum atomic E-state index is 13.7. The van der Waals surface area contributed by atoms with E-state index in [0.717, 1.165) is 4.88 Å². The molecule has 0 radical (unpaired) electrons. The first-order valence-electron chi connectivity index (χ1n) is 10.4. The number of benzene rings is 2. The molecule has 0 spiro atoms. The molecule has 0 bridgehead atoms. The molecule has 2 aromatic carbocycles. The third kappa shape index (κ3) is 5.17. The molecular formula is C25H21ClN2O5S2. The van der Waals surface area contributed by atoms with Gasteiger partial charge in [-0.2, -0.15) is 0 Å². The number of hydrogen-bond donors (Lipinski definition) is 2. The fraction of sp³-hybridized carbons (Fsp3) is 0.120. The molecule has 0 amide bonds. The first-order valence-corrected chi connectivity index (χ1v) is 13.1. The zero-order valence-corrected chi connectivity index (χ0v) is 21.1. The minimum absolute atomic E-state index is 0.0525. The number of hydrogen-bond acceptors (Lipinski definition) is 7. The molecule has 0 aliphatic rings. The predicted octanol–water partition coefficient (Wildman–Crippen LogP) is 6.06. The number of anilines is 1. The minimum atomic E-state index is -4.01. The van der Waals surface area contributed by atoms with Crippen LogP contribution < -0.4 is 10.1 Å². The van der Waals surface area contributed by atoms with Crippen molar-refractivity contribution in [3.05, 3.63) is 94.1 Å². The van der Waals surface area contributed by atoms with E-state index in [-0.39, 0.29) is 16.1 Å². The maximum Gasteiger partial charge on any atom is 0.337 e. The summed E-state index contributed by atoms with van der Waals surface area (Å²) in [5.41, 5.74) is 1.77. The zero-order chi connectivity index (χ0) is 25.2. The number of nitrogens with zero attached hydrogens (tertiary/aromatic N) is 1. The molecule has 1 atom stereocenters. The molecule has 0 fully saturated rings. The first-order chi connectivity index (χ1) is 16.7. The summed E-state index contributed by atoms with van der Waals surface area (Å²) in [6.45, 7) is 1.73. The number of halogens is 1. The van der Waals surface area contributed by atoms with E-state index in [9.17, 15) is 18.3 Å². The van der Waals surface area contributed by atoms with Crippen LogP contribution >= 0.6 is 22.9 Å². The van der Waals surface area contributed by atoms with Crippen molar-refractivity contribution in [1.29, 1.82) is 0 Å². The summed E-state index contributed by atoms with van der Waals surface area (Å²) in [6.07, 6.45) is 2.98. The average molecular weight is 529 g/mol. The molecule has 7 nitrogen and oxygen atoms in total. The van der Waals surface area contributed by atoms with Gasteiger partial charge in [-0.15, -0.1) is 11.3 Å². The van der Waals surface area contributed by atoms with E-state index in [2.05, 4.69) is 10.3 Å². The Morgan fingerprint density at radius 3 is 2.46 bits per heavy atom. The molecule has 2 heterocycles. The number of pyridine rings is 1. The Kier molecular flexibility index (Phi) is 7.11. The molecule has 0 aliphatic carbocycles. The third-order valence-corrected chi connectivity index (χ3v) is 8.60. The van der Waals surface area contributed by atoms with Crippen LogP contribution in [0.1, 0.15) is 26.9 Å². The molecule has 4 rings (SSSR count). The van der Waals surface area contributed by atoms with Gasteiger partial charge in [0.25, 0.3) is 0 Å². The molecule has 35 heavy (non-hydrogen) atoms. The predicted molar refractivity (Wildman–Crippen MR) is 137 cm³/mol. The zero-order valence-electron chi connectivity index (χ0n) is 18.7. The van der Waals surface area contributed by atoms with Crippen LogP contribution in [0.2, 0.25) is 4.34 Å². The number of aromatic nitrogens is 1. The van der Waals surface area contributed by atoms with Crippen LogP contribution in [0.5, 0.6) is 5.75 Å². The van der Waals surface area contributed by atoms with Crippen LogP contribution in [0.25, 0.3) is 10.4 Å². The van der Waals surface area contributed by atoms with Crippen LogP contribution in [0.3, 0.4) is 0 Å². The van der Waals surface area contributed by atoms with Crippen molar-refractivity contribution < 1.29 is 23.1 Å². The Morgan fingerprint density at radius 1 is 1.14 bits per heavy atom. The number of carbonyl (C=O) groups is 1. The molecular weight excluding hydrogens is 508 g/mol. The lowest BCUT2D eigenvalue weighted by atomic mass is 10.0. The van der Waals surface area contributed by atoms with Crippen LogP contribution in [0, 0.1) is 6.92 Å². The Balaban J connectivity index is 1.83. The van der Waals surface area contributed by atoms with Gasteiger partial charge in [0.05, 0.1) is 27.6 Å². The number of carboxylic acid groups (broad SMARTS) is 1. The Morgan fingerprint density at radius 2 is 1.89 bits per heavy atom. The van der Waals surface area contributed by atoms with Crippen LogP contribution in [0.4, 0.5) is 5.69 Å². The van der Waals surface area contributed by atoms with E-state index in [4.69, 9.17) is 16.3 Å². The van der Waals surface area contributed by atoms with E-state index in [1.165, 1.54) is 49.0 Å². The topological polar surface area (TPSA) is 106 Å². The molecule has 4 aromatic rings. The summed E-state index contributed by atoms with van der Waals surface area (Å²) in [5.74, 6) is -0.671. The van der Waals surface area contributed by atoms with Crippen molar-refractivity contribution in [1.82, 2.24) is 4.98 Å². The summed E-state index contributed by atoms with van der Waals surface area (Å²) < 4.78 is 33.2. The number of ether oxygens (including phenoxy) is 1. The number of aryl methyl sites for hydroxylation is 1. The number of thiophene rings is 1. The van der Waals surface area contributed by atoms with Gasteiger partial charge >= 0.3 is 5.97 Å². The normalized spacial score (nSPS) is 12.2. The molecule has 10 heteroatoms.